The van der Waals surface area contributed by atoms with Gasteiger partial charge in [-0.05, 0) is 63.0 Å². The summed E-state index contributed by atoms with van der Waals surface area (Å²) in [7, 11) is 0. The van der Waals surface area contributed by atoms with Gasteiger partial charge in [-0.15, -0.1) is 0 Å². The average Bonchev–Trinajstić information content (AvgIpc) is 3.89. The summed E-state index contributed by atoms with van der Waals surface area (Å²) >= 11 is 0. The molecule has 3 heterocycles. The van der Waals surface area contributed by atoms with Crippen molar-refractivity contribution in [2.75, 3.05) is 0 Å². The lowest BCUT2D eigenvalue weighted by Gasteiger charge is -2.13. The highest BCUT2D eigenvalue weighted by Crippen LogP contribution is 2.44. The Labute approximate surface area is 355 Å². The van der Waals surface area contributed by atoms with Gasteiger partial charge in [0, 0.05) is 43.4 Å². The topological polar surface area (TPSA) is 56.7 Å². The lowest BCUT2D eigenvalue weighted by atomic mass is 10.0. The van der Waals surface area contributed by atoms with Crippen molar-refractivity contribution >= 4 is 76.1 Å². The molecule has 10 aromatic carbocycles. The predicted molar refractivity (Wildman–Crippen MR) is 256 cm³/mol. The van der Waals surface area contributed by atoms with Gasteiger partial charge in [-0.3, -0.25) is 0 Å². The molecule has 0 spiro atoms. The third-order valence-electron chi connectivity index (χ3n) is 12.4. The van der Waals surface area contributed by atoms with Gasteiger partial charge in [-0.25, -0.2) is 15.0 Å². The number of rotatable bonds is 5. The molecule has 0 bridgehead atoms. The van der Waals surface area contributed by atoms with E-state index in [2.05, 4.69) is 174 Å². The van der Waals surface area contributed by atoms with Gasteiger partial charge < -0.3 is 8.98 Å². The monoisotopic (exact) mass is 790 g/mol. The maximum Gasteiger partial charge on any atom is 0.167 e. The second-order valence-electron chi connectivity index (χ2n) is 16.0. The van der Waals surface area contributed by atoms with Gasteiger partial charge in [0.1, 0.15) is 11.2 Å². The molecular formula is C57H34N4O. The quantitative estimate of drug-likeness (QED) is 0.174. The first-order chi connectivity index (χ1) is 30.7. The third-order valence-corrected chi connectivity index (χ3v) is 12.4. The van der Waals surface area contributed by atoms with Crippen molar-refractivity contribution in [3.05, 3.63) is 206 Å². The molecule has 62 heavy (non-hydrogen) atoms. The van der Waals surface area contributed by atoms with E-state index >= 15 is 0 Å². The number of nitrogens with zero attached hydrogens (tertiary/aromatic N) is 4. The van der Waals surface area contributed by atoms with Gasteiger partial charge in [0.05, 0.1) is 22.3 Å². The SMILES string of the molecule is c1ccc(-c2ccc(-c3nc(-c4ccccc4)nc(-c4cccc5c4oc4c6ccccc6c(-n6c7cc8ccccc8cc7c7c8ccccc8ccc76)cc54)n3)cc2)cc1. The molecule has 0 aliphatic rings. The lowest BCUT2D eigenvalue weighted by molar-refractivity contribution is 0.673. The molecule has 3 aromatic heterocycles. The van der Waals surface area contributed by atoms with Crippen LogP contribution in [0.1, 0.15) is 0 Å². The fraction of sp³-hybridized carbons (Fsp3) is 0. The van der Waals surface area contributed by atoms with Crippen LogP contribution < -0.4 is 0 Å². The van der Waals surface area contributed by atoms with E-state index in [0.29, 0.717) is 17.5 Å². The molecule has 0 N–H and O–H groups in total. The van der Waals surface area contributed by atoms with E-state index in [4.69, 9.17) is 19.4 Å². The number of para-hydroxylation sites is 1. The first kappa shape index (κ1) is 34.5. The molecule has 288 valence electrons. The molecule has 0 aliphatic heterocycles. The van der Waals surface area contributed by atoms with Crippen molar-refractivity contribution in [3.63, 3.8) is 0 Å². The van der Waals surface area contributed by atoms with Crippen LogP contribution >= 0.6 is 0 Å². The maximum absolute atomic E-state index is 7.06. The second-order valence-corrected chi connectivity index (χ2v) is 16.0. The highest BCUT2D eigenvalue weighted by Gasteiger charge is 2.23. The van der Waals surface area contributed by atoms with E-state index in [1.165, 1.54) is 32.3 Å². The molecule has 13 aromatic rings. The van der Waals surface area contributed by atoms with E-state index in [0.717, 1.165) is 77.2 Å². The number of hydrogen-bond acceptors (Lipinski definition) is 4. The highest BCUT2D eigenvalue weighted by atomic mass is 16.3. The first-order valence-corrected chi connectivity index (χ1v) is 20.9. The minimum Gasteiger partial charge on any atom is -0.455 e. The Bertz CT molecular complexity index is 3910. The maximum atomic E-state index is 7.06. The Morgan fingerprint density at radius 1 is 0.323 bits per heavy atom. The third kappa shape index (κ3) is 5.32. The van der Waals surface area contributed by atoms with Crippen LogP contribution in [0.5, 0.6) is 0 Å². The molecule has 0 atom stereocenters. The van der Waals surface area contributed by atoms with Crippen LogP contribution in [-0.4, -0.2) is 19.5 Å². The summed E-state index contributed by atoms with van der Waals surface area (Å²) < 4.78 is 9.52. The molecule has 0 aliphatic carbocycles. The molecule has 0 radical (unpaired) electrons. The van der Waals surface area contributed by atoms with Crippen LogP contribution in [0.25, 0.3) is 127 Å². The van der Waals surface area contributed by atoms with E-state index < -0.39 is 0 Å². The van der Waals surface area contributed by atoms with Crippen molar-refractivity contribution in [2.24, 2.45) is 0 Å². The molecule has 5 heteroatoms. The van der Waals surface area contributed by atoms with Gasteiger partial charge in [0.15, 0.2) is 17.5 Å². The van der Waals surface area contributed by atoms with Gasteiger partial charge in [0.25, 0.3) is 0 Å². The molecule has 0 fully saturated rings. The van der Waals surface area contributed by atoms with Crippen molar-refractivity contribution in [2.45, 2.75) is 0 Å². The van der Waals surface area contributed by atoms with E-state index in [9.17, 15) is 0 Å². The van der Waals surface area contributed by atoms with Crippen LogP contribution in [0, 0.1) is 0 Å². The minimum atomic E-state index is 0.552. The number of furan rings is 1. The summed E-state index contributed by atoms with van der Waals surface area (Å²) in [6.45, 7) is 0. The van der Waals surface area contributed by atoms with Gasteiger partial charge in [0.2, 0.25) is 0 Å². The number of hydrogen-bond donors (Lipinski definition) is 0. The fourth-order valence-electron chi connectivity index (χ4n) is 9.48. The molecular weight excluding hydrogens is 757 g/mol. The number of fused-ring (bicyclic) bond motifs is 11. The normalized spacial score (nSPS) is 11.9. The van der Waals surface area contributed by atoms with E-state index in [1.54, 1.807) is 0 Å². The van der Waals surface area contributed by atoms with Crippen LogP contribution in [0.3, 0.4) is 0 Å². The van der Waals surface area contributed by atoms with E-state index in [1.807, 2.05) is 36.4 Å². The Kier molecular flexibility index (Phi) is 7.54. The van der Waals surface area contributed by atoms with Gasteiger partial charge >= 0.3 is 0 Å². The highest BCUT2D eigenvalue weighted by molar-refractivity contribution is 6.25. The van der Waals surface area contributed by atoms with Crippen molar-refractivity contribution in [1.29, 1.82) is 0 Å². The number of aromatic nitrogens is 4. The standard InChI is InChI=1S/C57H34N4O/c1-3-14-35(15-4-1)36-26-28-39(29-27-36)56-58-55(38-17-5-2-6-18-38)59-57(60-56)46-25-13-24-45-47-34-51(43-22-11-12-23-44(43)54(47)62-53(45)46)61-49-31-30-37-16-9-10-21-42(37)52(49)48-32-40-19-7-8-20-41(40)33-50(48)61/h1-34H. The summed E-state index contributed by atoms with van der Waals surface area (Å²) in [4.78, 5) is 15.3. The van der Waals surface area contributed by atoms with Crippen molar-refractivity contribution < 1.29 is 4.42 Å². The zero-order valence-electron chi connectivity index (χ0n) is 33.3. The van der Waals surface area contributed by atoms with Gasteiger partial charge in [-0.2, -0.15) is 0 Å². The summed E-state index contributed by atoms with van der Waals surface area (Å²) in [6, 6.07) is 72.8. The number of benzene rings is 10. The second kappa shape index (κ2) is 13.6. The lowest BCUT2D eigenvalue weighted by Crippen LogP contribution is -2.00. The summed E-state index contributed by atoms with van der Waals surface area (Å²) in [5, 5.41) is 11.5. The molecule has 0 amide bonds. The Hall–Kier alpha value is -8.41. The Morgan fingerprint density at radius 3 is 1.63 bits per heavy atom. The Balaban J connectivity index is 1.06. The van der Waals surface area contributed by atoms with Crippen LogP contribution in [-0.2, 0) is 0 Å². The largest absolute Gasteiger partial charge is 0.455 e. The fourth-order valence-corrected chi connectivity index (χ4v) is 9.48. The van der Waals surface area contributed by atoms with Crippen molar-refractivity contribution in [1.82, 2.24) is 19.5 Å². The smallest absolute Gasteiger partial charge is 0.167 e. The summed E-state index contributed by atoms with van der Waals surface area (Å²) in [5.41, 5.74) is 9.91. The molecule has 5 nitrogen and oxygen atoms in total. The zero-order valence-corrected chi connectivity index (χ0v) is 33.3. The molecule has 0 unspecified atom stereocenters. The molecule has 13 rings (SSSR count). The van der Waals surface area contributed by atoms with Crippen LogP contribution in [0.15, 0.2) is 211 Å². The Morgan fingerprint density at radius 2 is 0.871 bits per heavy atom. The van der Waals surface area contributed by atoms with Crippen molar-refractivity contribution in [3.8, 4) is 51.0 Å². The molecule has 0 saturated carbocycles. The average molecular weight is 791 g/mol. The summed E-state index contributed by atoms with van der Waals surface area (Å²) in [6.07, 6.45) is 0. The first-order valence-electron chi connectivity index (χ1n) is 20.9. The van der Waals surface area contributed by atoms with Crippen LogP contribution in [0.2, 0.25) is 0 Å². The molecule has 0 saturated heterocycles. The minimum absolute atomic E-state index is 0.552. The summed E-state index contributed by atoms with van der Waals surface area (Å²) in [5.74, 6) is 1.75. The van der Waals surface area contributed by atoms with E-state index in [-0.39, 0.29) is 0 Å². The van der Waals surface area contributed by atoms with Gasteiger partial charge in [-0.1, -0.05) is 176 Å². The zero-order chi connectivity index (χ0) is 40.7. The predicted octanol–water partition coefficient (Wildman–Crippen LogP) is 15.0. The van der Waals surface area contributed by atoms with Crippen LogP contribution in [0.4, 0.5) is 0 Å².